The Labute approximate surface area is 369 Å². The molecule has 10 rings (SSSR count). The lowest BCUT2D eigenvalue weighted by Gasteiger charge is -2.11. The smallest absolute Gasteiger partial charge is 0.251 e. The minimum absolute atomic E-state index is 0.103. The lowest BCUT2D eigenvalue weighted by atomic mass is 9.98. The molecule has 0 spiro atoms. The second-order valence-electron chi connectivity index (χ2n) is 14.5. The number of thiazole rings is 2. The molecule has 2 atom stereocenters. The molecule has 2 aliphatic rings. The van der Waals surface area contributed by atoms with E-state index in [0.29, 0.717) is 42.2 Å². The van der Waals surface area contributed by atoms with Crippen LogP contribution in [0.15, 0.2) is 103 Å². The Balaban J connectivity index is 0.000000150. The number of anilines is 4. The SMILES string of the molecule is CN1CCC(O)C1=O.CN1CCC(c2ccnc(-c3nc(-c4ccnc(Nc5ccn(C)n5)n4)cs3)c2)C1=O.Cn1ccc(Nc2nccc(-c3csc(-c4ccccn4)n3)n2)n1. The molecule has 0 bridgehead atoms. The fraction of sp³-hybridized carbons (Fsp3) is 0.238. The average molecular weight is 883 g/mol. The molecule has 10 heterocycles. The highest BCUT2D eigenvalue weighted by atomic mass is 32.1. The number of rotatable bonds is 9. The topological polar surface area (TPSA) is 224 Å². The van der Waals surface area contributed by atoms with Gasteiger partial charge < -0.3 is 25.5 Å². The van der Waals surface area contributed by atoms with Gasteiger partial charge in [-0.3, -0.25) is 28.9 Å². The summed E-state index contributed by atoms with van der Waals surface area (Å²) in [6, 6.07) is 17.0. The summed E-state index contributed by atoms with van der Waals surface area (Å²) in [5.41, 5.74) is 5.61. The van der Waals surface area contributed by atoms with Crippen LogP contribution in [-0.4, -0.2) is 119 Å². The zero-order chi connectivity index (χ0) is 43.9. The first-order valence-corrected chi connectivity index (χ1v) is 21.5. The largest absolute Gasteiger partial charge is 0.383 e. The molecule has 320 valence electrons. The number of carbonyl (C=O) groups excluding carboxylic acids is 2. The highest BCUT2D eigenvalue weighted by molar-refractivity contribution is 7.13. The van der Waals surface area contributed by atoms with Crippen LogP contribution in [0.5, 0.6) is 0 Å². The van der Waals surface area contributed by atoms with Crippen molar-refractivity contribution in [2.75, 3.05) is 37.8 Å². The minimum atomic E-state index is -0.722. The molecule has 8 aromatic rings. The molecular formula is C42H42N16O3S2. The summed E-state index contributed by atoms with van der Waals surface area (Å²) in [4.78, 5) is 62.0. The Hall–Kier alpha value is -7.36. The van der Waals surface area contributed by atoms with Crippen LogP contribution in [0.25, 0.3) is 44.2 Å². The van der Waals surface area contributed by atoms with Gasteiger partial charge in [0.15, 0.2) is 11.6 Å². The number of aryl methyl sites for hydroxylation is 2. The third-order valence-corrected chi connectivity index (χ3v) is 11.6. The number of likely N-dealkylation sites (tertiary alicyclic amines) is 2. The van der Waals surface area contributed by atoms with Crippen molar-refractivity contribution in [3.8, 4) is 44.2 Å². The highest BCUT2D eigenvalue weighted by Crippen LogP contribution is 2.32. The van der Waals surface area contributed by atoms with Gasteiger partial charge in [0.1, 0.15) is 27.5 Å². The summed E-state index contributed by atoms with van der Waals surface area (Å²) >= 11 is 3.04. The van der Waals surface area contributed by atoms with E-state index >= 15 is 0 Å². The molecule has 21 heteroatoms. The lowest BCUT2D eigenvalue weighted by molar-refractivity contribution is -0.133. The van der Waals surface area contributed by atoms with Gasteiger partial charge in [-0.05, 0) is 54.8 Å². The van der Waals surface area contributed by atoms with Crippen molar-refractivity contribution >= 4 is 58.0 Å². The summed E-state index contributed by atoms with van der Waals surface area (Å²) in [6.45, 7) is 1.48. The third kappa shape index (κ3) is 10.4. The van der Waals surface area contributed by atoms with E-state index < -0.39 is 6.10 Å². The van der Waals surface area contributed by atoms with Crippen LogP contribution >= 0.6 is 22.7 Å². The first-order chi connectivity index (χ1) is 30.6. The number of nitrogens with one attached hydrogen (secondary N) is 2. The Kier molecular flexibility index (Phi) is 12.9. The zero-order valence-electron chi connectivity index (χ0n) is 34.6. The molecule has 0 aliphatic carbocycles. The van der Waals surface area contributed by atoms with Gasteiger partial charge in [0.2, 0.25) is 17.8 Å². The lowest BCUT2D eigenvalue weighted by Crippen LogP contribution is -2.24. The highest BCUT2D eigenvalue weighted by Gasteiger charge is 2.31. The van der Waals surface area contributed by atoms with Gasteiger partial charge in [-0.1, -0.05) is 6.07 Å². The summed E-state index contributed by atoms with van der Waals surface area (Å²) < 4.78 is 3.42. The first-order valence-electron chi connectivity index (χ1n) is 19.7. The van der Waals surface area contributed by atoms with E-state index in [9.17, 15) is 9.59 Å². The standard InChI is InChI=1S/C21H20N8OS.C16H13N7S.C5H9NO2/c1-28-9-5-14(20(28)30)13-3-7-22-16(11-13)19-24-17(12-31-19)15-4-8-23-21(25-15)26-18-6-10-29(2)27-18;1-23-9-6-14(22-23)21-16-18-8-5-11(20-16)13-10-24-15(19-13)12-4-2-3-7-17-12;1-6-3-2-4(7)5(6)8/h3-4,6-8,10-12,14H,5,9H2,1-2H3,(H,23,25,26,27);2-10H,1H3,(H,18,20,21,22);4,7H,2-3H2,1H3. The number of nitrogens with zero attached hydrogens (tertiary/aromatic N) is 14. The number of amides is 2. The molecule has 2 unspecified atom stereocenters. The van der Waals surface area contributed by atoms with Crippen molar-refractivity contribution in [3.05, 3.63) is 108 Å². The van der Waals surface area contributed by atoms with Gasteiger partial charge in [0, 0.05) is 101 Å². The summed E-state index contributed by atoms with van der Waals surface area (Å²) in [5, 5.41) is 29.1. The summed E-state index contributed by atoms with van der Waals surface area (Å²) in [5.74, 6) is 2.21. The van der Waals surface area contributed by atoms with Crippen LogP contribution in [0.3, 0.4) is 0 Å². The van der Waals surface area contributed by atoms with E-state index in [4.69, 9.17) is 10.1 Å². The summed E-state index contributed by atoms with van der Waals surface area (Å²) in [6.07, 6.45) is 11.3. The Bertz CT molecular complexity index is 2810. The first kappa shape index (κ1) is 42.3. The second-order valence-corrected chi connectivity index (χ2v) is 16.2. The third-order valence-electron chi connectivity index (χ3n) is 9.87. The molecule has 2 saturated heterocycles. The molecule has 63 heavy (non-hydrogen) atoms. The van der Waals surface area contributed by atoms with E-state index in [-0.39, 0.29) is 17.7 Å². The second kappa shape index (κ2) is 19.1. The fourth-order valence-electron chi connectivity index (χ4n) is 6.54. The van der Waals surface area contributed by atoms with Gasteiger partial charge in [-0.2, -0.15) is 10.2 Å². The van der Waals surface area contributed by atoms with E-state index in [1.54, 1.807) is 57.4 Å². The van der Waals surface area contributed by atoms with E-state index in [2.05, 4.69) is 55.7 Å². The summed E-state index contributed by atoms with van der Waals surface area (Å²) in [7, 11) is 7.24. The molecular weight excluding hydrogens is 841 g/mol. The van der Waals surface area contributed by atoms with Crippen LogP contribution in [0, 0.1) is 0 Å². The average Bonchev–Trinajstić information content (AvgIpc) is 4.19. The molecule has 19 nitrogen and oxygen atoms in total. The van der Waals surface area contributed by atoms with Gasteiger partial charge in [-0.15, -0.1) is 22.7 Å². The Morgan fingerprint density at radius 2 is 1.14 bits per heavy atom. The number of likely N-dealkylation sites (N-methyl/N-ethyl adjacent to an activating group) is 2. The predicted octanol–water partition coefficient (Wildman–Crippen LogP) is 5.43. The van der Waals surface area contributed by atoms with Gasteiger partial charge in [0.05, 0.1) is 28.7 Å². The van der Waals surface area contributed by atoms with Crippen LogP contribution in [0.1, 0.15) is 24.3 Å². The number of pyridine rings is 2. The van der Waals surface area contributed by atoms with Crippen molar-refractivity contribution in [3.63, 3.8) is 0 Å². The Morgan fingerprint density at radius 1 is 0.587 bits per heavy atom. The molecule has 8 aromatic heterocycles. The van der Waals surface area contributed by atoms with E-state index in [1.807, 2.05) is 98.9 Å². The molecule has 2 amide bonds. The van der Waals surface area contributed by atoms with E-state index in [0.717, 1.165) is 57.0 Å². The Morgan fingerprint density at radius 3 is 1.62 bits per heavy atom. The van der Waals surface area contributed by atoms with Crippen molar-refractivity contribution in [2.24, 2.45) is 14.1 Å². The fourth-order valence-corrected chi connectivity index (χ4v) is 8.11. The van der Waals surface area contributed by atoms with Gasteiger partial charge >= 0.3 is 0 Å². The maximum atomic E-state index is 12.4. The number of hydrogen-bond donors (Lipinski definition) is 3. The van der Waals surface area contributed by atoms with Crippen molar-refractivity contribution in [2.45, 2.75) is 24.9 Å². The van der Waals surface area contributed by atoms with Crippen molar-refractivity contribution < 1.29 is 14.7 Å². The zero-order valence-corrected chi connectivity index (χ0v) is 36.3. The number of aromatic nitrogens is 12. The van der Waals surface area contributed by atoms with Gasteiger partial charge in [-0.25, -0.2) is 29.9 Å². The normalized spacial score (nSPS) is 15.8. The van der Waals surface area contributed by atoms with Crippen LogP contribution in [0.2, 0.25) is 0 Å². The molecule has 0 aromatic carbocycles. The molecule has 0 radical (unpaired) electrons. The molecule has 2 fully saturated rings. The predicted molar refractivity (Wildman–Crippen MR) is 239 cm³/mol. The van der Waals surface area contributed by atoms with Gasteiger partial charge in [0.25, 0.3) is 5.91 Å². The van der Waals surface area contributed by atoms with Crippen molar-refractivity contribution in [1.82, 2.24) is 69.2 Å². The molecule has 3 N–H and O–H groups in total. The molecule has 2 aliphatic heterocycles. The quantitative estimate of drug-likeness (QED) is 0.164. The van der Waals surface area contributed by atoms with E-state index in [1.165, 1.54) is 16.2 Å². The molecule has 0 saturated carbocycles. The number of aliphatic hydroxyl groups is 1. The minimum Gasteiger partial charge on any atom is -0.383 e. The monoisotopic (exact) mass is 882 g/mol. The maximum Gasteiger partial charge on any atom is 0.251 e. The number of hydrogen-bond acceptors (Lipinski definition) is 17. The van der Waals surface area contributed by atoms with Crippen LogP contribution in [0.4, 0.5) is 23.5 Å². The number of carbonyl (C=O) groups is 2. The maximum absolute atomic E-state index is 12.4. The number of aliphatic hydroxyl groups excluding tert-OH is 1. The van der Waals surface area contributed by atoms with Crippen molar-refractivity contribution in [1.29, 1.82) is 0 Å². The van der Waals surface area contributed by atoms with Crippen LogP contribution < -0.4 is 10.6 Å². The van der Waals surface area contributed by atoms with Crippen LogP contribution in [-0.2, 0) is 23.7 Å².